The molecule has 0 aliphatic rings. The van der Waals surface area contributed by atoms with Crippen molar-refractivity contribution >= 4 is 28.3 Å². The molecular weight excluding hydrogens is 400 g/mol. The predicted molar refractivity (Wildman–Crippen MR) is 130 cm³/mol. The fraction of sp³-hybridized carbons (Fsp3) is 0.0769. The first-order valence-electron chi connectivity index (χ1n) is 10.3. The largest absolute Gasteiger partial charge is 0.360 e. The van der Waals surface area contributed by atoms with Gasteiger partial charge in [0.05, 0.1) is 17.6 Å². The van der Waals surface area contributed by atoms with Crippen LogP contribution in [0.5, 0.6) is 0 Å². The summed E-state index contributed by atoms with van der Waals surface area (Å²) in [6.07, 6.45) is 4.65. The van der Waals surface area contributed by atoms with E-state index in [0.717, 1.165) is 34.7 Å². The molecule has 5 aromatic rings. The number of aromatic amines is 1. The Bertz CT molecular complexity index is 1370. The molecule has 1 N–H and O–H groups in total. The van der Waals surface area contributed by atoms with Gasteiger partial charge in [0.2, 0.25) is 4.80 Å². The molecule has 0 spiro atoms. The van der Waals surface area contributed by atoms with Gasteiger partial charge in [-0.05, 0) is 34.9 Å². The van der Waals surface area contributed by atoms with Crippen molar-refractivity contribution in [1.29, 1.82) is 0 Å². The van der Waals surface area contributed by atoms with Gasteiger partial charge in [-0.2, -0.15) is 5.10 Å². The summed E-state index contributed by atoms with van der Waals surface area (Å²) in [5, 5.41) is 9.37. The minimum Gasteiger partial charge on any atom is -0.360 e. The average molecular weight is 423 g/mol. The Morgan fingerprint density at radius 2 is 1.71 bits per heavy atom. The van der Waals surface area contributed by atoms with E-state index in [4.69, 9.17) is 10.1 Å². The van der Waals surface area contributed by atoms with Crippen LogP contribution < -0.4 is 4.80 Å². The van der Waals surface area contributed by atoms with Gasteiger partial charge in [0.15, 0.2) is 0 Å². The molecule has 0 bridgehead atoms. The summed E-state index contributed by atoms with van der Waals surface area (Å²) >= 11 is 1.62. The lowest BCUT2D eigenvalue weighted by Crippen LogP contribution is -2.13. The Kier molecular flexibility index (Phi) is 5.58. The second kappa shape index (κ2) is 8.98. The molecule has 0 unspecified atom stereocenters. The Hall–Kier alpha value is -3.70. The van der Waals surface area contributed by atoms with Gasteiger partial charge in [0.1, 0.15) is 0 Å². The van der Waals surface area contributed by atoms with Crippen LogP contribution in [0.4, 0.5) is 0 Å². The molecule has 0 fully saturated rings. The van der Waals surface area contributed by atoms with E-state index in [0.29, 0.717) is 0 Å². The van der Waals surface area contributed by atoms with Crippen LogP contribution in [-0.2, 0) is 6.42 Å². The number of fused-ring (bicyclic) bond motifs is 1. The van der Waals surface area contributed by atoms with Crippen LogP contribution in [0.15, 0.2) is 107 Å². The van der Waals surface area contributed by atoms with Gasteiger partial charge in [-0.1, -0.05) is 72.8 Å². The molecule has 5 rings (SSSR count). The summed E-state index contributed by atoms with van der Waals surface area (Å²) in [5.74, 6) is 0. The molecule has 0 radical (unpaired) electrons. The minimum absolute atomic E-state index is 0.720. The zero-order chi connectivity index (χ0) is 20.9. The summed E-state index contributed by atoms with van der Waals surface area (Å²) in [4.78, 5) is 8.96. The van der Waals surface area contributed by atoms with Gasteiger partial charge in [0, 0.05) is 23.7 Å². The van der Waals surface area contributed by atoms with Crippen LogP contribution in [-0.4, -0.2) is 22.4 Å². The Morgan fingerprint density at radius 1 is 0.871 bits per heavy atom. The molecular formula is C26H22N4S. The minimum atomic E-state index is 0.720. The number of nitrogens with one attached hydrogen (secondary N) is 1. The third-order valence-electron chi connectivity index (χ3n) is 5.18. The number of hydrogen-bond acceptors (Lipinski definition) is 3. The Labute approximate surface area is 184 Å². The Balaban J connectivity index is 1.57. The summed E-state index contributed by atoms with van der Waals surface area (Å²) < 4.78 is 1.96. The molecule has 0 atom stereocenters. The first-order chi connectivity index (χ1) is 15.4. The van der Waals surface area contributed by atoms with Crippen molar-refractivity contribution in [1.82, 2.24) is 9.66 Å². The fourth-order valence-electron chi connectivity index (χ4n) is 3.62. The number of H-pyrrole nitrogens is 1. The maximum Gasteiger partial charge on any atom is 0.206 e. The maximum atomic E-state index is 4.89. The molecule has 3 aromatic carbocycles. The quantitative estimate of drug-likeness (QED) is 0.340. The summed E-state index contributed by atoms with van der Waals surface area (Å²) in [7, 11) is 0. The number of nitrogens with zero attached hydrogens (tertiary/aromatic N) is 3. The highest BCUT2D eigenvalue weighted by Gasteiger charge is 2.10. The SMILES string of the molecule is C(=Nn1c(-c2cccc3ccccc23)csc1=NCCc1ccccc1)c1ccc[nH]1. The van der Waals surface area contributed by atoms with Gasteiger partial charge in [0.25, 0.3) is 0 Å². The van der Waals surface area contributed by atoms with Crippen LogP contribution in [0, 0.1) is 0 Å². The van der Waals surface area contributed by atoms with Crippen molar-refractivity contribution in [2.75, 3.05) is 6.54 Å². The summed E-state index contributed by atoms with van der Waals surface area (Å²) in [6.45, 7) is 0.720. The second-order valence-corrected chi connectivity index (χ2v) is 8.07. The number of thiazole rings is 1. The van der Waals surface area contributed by atoms with E-state index in [-0.39, 0.29) is 0 Å². The molecule has 0 amide bonds. The molecule has 0 aliphatic heterocycles. The number of aromatic nitrogens is 2. The first kappa shape index (κ1) is 19.3. The third kappa shape index (κ3) is 4.27. The highest BCUT2D eigenvalue weighted by molar-refractivity contribution is 7.07. The number of benzene rings is 3. The lowest BCUT2D eigenvalue weighted by Gasteiger charge is -2.07. The normalized spacial score (nSPS) is 12.2. The first-order valence-corrected chi connectivity index (χ1v) is 11.2. The van der Waals surface area contributed by atoms with Gasteiger partial charge in [-0.15, -0.1) is 11.3 Å². The highest BCUT2D eigenvalue weighted by atomic mass is 32.1. The van der Waals surface area contributed by atoms with Crippen molar-refractivity contribution < 1.29 is 0 Å². The third-order valence-corrected chi connectivity index (χ3v) is 6.03. The van der Waals surface area contributed by atoms with Crippen LogP contribution in [0.1, 0.15) is 11.3 Å². The van der Waals surface area contributed by atoms with E-state index in [2.05, 4.69) is 77.1 Å². The lowest BCUT2D eigenvalue weighted by atomic mass is 10.0. The van der Waals surface area contributed by atoms with Gasteiger partial charge < -0.3 is 4.98 Å². The van der Waals surface area contributed by atoms with Crippen molar-refractivity contribution in [2.24, 2.45) is 10.1 Å². The molecule has 5 heteroatoms. The smallest absolute Gasteiger partial charge is 0.206 e. The van der Waals surface area contributed by atoms with E-state index < -0.39 is 0 Å². The van der Waals surface area contributed by atoms with Crippen LogP contribution >= 0.6 is 11.3 Å². The monoisotopic (exact) mass is 422 g/mol. The maximum absolute atomic E-state index is 4.89. The zero-order valence-corrected chi connectivity index (χ0v) is 17.8. The molecule has 0 saturated carbocycles. The fourth-order valence-corrected chi connectivity index (χ4v) is 4.48. The molecule has 0 aliphatic carbocycles. The molecule has 2 heterocycles. The molecule has 0 saturated heterocycles. The average Bonchev–Trinajstić information content (AvgIpc) is 3.48. The van der Waals surface area contributed by atoms with Crippen LogP contribution in [0.2, 0.25) is 0 Å². The van der Waals surface area contributed by atoms with Gasteiger partial charge in [-0.3, -0.25) is 4.99 Å². The molecule has 152 valence electrons. The van der Waals surface area contributed by atoms with Crippen molar-refractivity contribution in [2.45, 2.75) is 6.42 Å². The predicted octanol–water partition coefficient (Wildman–Crippen LogP) is 5.72. The van der Waals surface area contributed by atoms with Crippen LogP contribution in [0.3, 0.4) is 0 Å². The lowest BCUT2D eigenvalue weighted by molar-refractivity contribution is 0.816. The van der Waals surface area contributed by atoms with Crippen molar-refractivity contribution in [3.63, 3.8) is 0 Å². The van der Waals surface area contributed by atoms with Crippen molar-refractivity contribution in [3.8, 4) is 11.3 Å². The number of rotatable bonds is 6. The second-order valence-electron chi connectivity index (χ2n) is 7.23. The molecule has 4 nitrogen and oxygen atoms in total. The van der Waals surface area contributed by atoms with E-state index in [1.165, 1.54) is 16.3 Å². The highest BCUT2D eigenvalue weighted by Crippen LogP contribution is 2.29. The van der Waals surface area contributed by atoms with Crippen molar-refractivity contribution in [3.05, 3.63) is 113 Å². The van der Waals surface area contributed by atoms with Gasteiger partial charge in [-0.25, -0.2) is 4.68 Å². The zero-order valence-electron chi connectivity index (χ0n) is 17.0. The summed E-state index contributed by atoms with van der Waals surface area (Å²) in [5.41, 5.74) is 4.45. The Morgan fingerprint density at radius 3 is 2.58 bits per heavy atom. The van der Waals surface area contributed by atoms with Crippen LogP contribution in [0.25, 0.3) is 22.0 Å². The van der Waals surface area contributed by atoms with E-state index in [1.807, 2.05) is 35.3 Å². The van der Waals surface area contributed by atoms with Gasteiger partial charge >= 0.3 is 0 Å². The topological polar surface area (TPSA) is 45.4 Å². The molecule has 2 aromatic heterocycles. The van der Waals surface area contributed by atoms with E-state index in [9.17, 15) is 0 Å². The van der Waals surface area contributed by atoms with E-state index in [1.54, 1.807) is 11.3 Å². The standard InChI is InChI=1S/C26H22N4S/c1-2-8-20(9-3-1)15-17-28-26-30(29-18-22-12-7-16-27-22)25(19-31-26)24-14-6-11-21-10-4-5-13-23(21)24/h1-14,16,18-19,27H,15,17H2. The summed E-state index contributed by atoms with van der Waals surface area (Å²) in [6, 6.07) is 29.3. The molecule has 31 heavy (non-hydrogen) atoms. The number of hydrogen-bond donors (Lipinski definition) is 1. The van der Waals surface area contributed by atoms with E-state index >= 15 is 0 Å².